The number of aliphatic carboxylic acids is 1. The van der Waals surface area contributed by atoms with E-state index < -0.39 is 35.8 Å². The van der Waals surface area contributed by atoms with Crippen LogP contribution < -0.4 is 5.32 Å². The van der Waals surface area contributed by atoms with Crippen LogP contribution in [0.25, 0.3) is 11.1 Å². The van der Waals surface area contributed by atoms with Crippen molar-refractivity contribution in [3.05, 3.63) is 59.7 Å². The number of carboxylic acids is 1. The first-order valence-corrected chi connectivity index (χ1v) is 10.5. The smallest absolute Gasteiger partial charge is 0.407 e. The number of carbonyl (C=O) groups excluding carboxylic acids is 2. The fraction of sp³-hybridized carbons (Fsp3) is 0.375. The highest BCUT2D eigenvalue weighted by Crippen LogP contribution is 2.44. The molecule has 1 heterocycles. The van der Waals surface area contributed by atoms with Gasteiger partial charge in [0.25, 0.3) is 0 Å². The predicted molar refractivity (Wildman–Crippen MR) is 116 cm³/mol. The van der Waals surface area contributed by atoms with Crippen LogP contribution in [0.15, 0.2) is 48.5 Å². The third-order valence-electron chi connectivity index (χ3n) is 6.06. The molecule has 4 rings (SSSR count). The summed E-state index contributed by atoms with van der Waals surface area (Å²) in [5.74, 6) is -1.80. The standard InChI is InChI=1S/C24H26N2O6/c1-14(21(27)26-20(22(28)29)13-32-24(26,2)3)25-23(30)31-12-19-17-10-6-4-8-15(17)16-9-5-7-11-18(16)19/h4-11,14,19-20H,12-13H2,1-3H3,(H,25,30)(H,28,29)/t14?,20-/m0/s1. The van der Waals surface area contributed by atoms with E-state index in [2.05, 4.69) is 5.32 Å². The predicted octanol–water partition coefficient (Wildman–Crippen LogP) is 2.96. The van der Waals surface area contributed by atoms with Crippen LogP contribution in [-0.2, 0) is 19.1 Å². The van der Waals surface area contributed by atoms with Crippen molar-refractivity contribution < 1.29 is 29.0 Å². The van der Waals surface area contributed by atoms with Crippen LogP contribution in [0.3, 0.4) is 0 Å². The van der Waals surface area contributed by atoms with Gasteiger partial charge in [-0.2, -0.15) is 0 Å². The van der Waals surface area contributed by atoms with Gasteiger partial charge in [0.15, 0.2) is 6.04 Å². The first kappa shape index (κ1) is 21.8. The third-order valence-corrected chi connectivity index (χ3v) is 6.06. The van der Waals surface area contributed by atoms with Crippen LogP contribution in [0.1, 0.15) is 37.8 Å². The van der Waals surface area contributed by atoms with E-state index >= 15 is 0 Å². The molecule has 1 aliphatic carbocycles. The molecule has 0 saturated carbocycles. The molecule has 1 unspecified atom stereocenters. The summed E-state index contributed by atoms with van der Waals surface area (Å²) in [5.41, 5.74) is 3.34. The van der Waals surface area contributed by atoms with Crippen LogP contribution in [0, 0.1) is 0 Å². The number of rotatable bonds is 5. The maximum Gasteiger partial charge on any atom is 0.407 e. The van der Waals surface area contributed by atoms with Gasteiger partial charge >= 0.3 is 12.1 Å². The van der Waals surface area contributed by atoms with Gasteiger partial charge in [0.05, 0.1) is 6.61 Å². The summed E-state index contributed by atoms with van der Waals surface area (Å²) in [5, 5.41) is 11.9. The molecule has 0 bridgehead atoms. The summed E-state index contributed by atoms with van der Waals surface area (Å²) in [4.78, 5) is 38.1. The molecule has 2 atom stereocenters. The van der Waals surface area contributed by atoms with Gasteiger partial charge in [0.2, 0.25) is 5.91 Å². The summed E-state index contributed by atoms with van der Waals surface area (Å²) < 4.78 is 10.9. The van der Waals surface area contributed by atoms with Crippen molar-refractivity contribution in [3.8, 4) is 11.1 Å². The van der Waals surface area contributed by atoms with E-state index in [0.717, 1.165) is 27.2 Å². The van der Waals surface area contributed by atoms with Crippen LogP contribution >= 0.6 is 0 Å². The molecule has 32 heavy (non-hydrogen) atoms. The normalized spacial score (nSPS) is 19.7. The molecular weight excluding hydrogens is 412 g/mol. The summed E-state index contributed by atoms with van der Waals surface area (Å²) >= 11 is 0. The number of fused-ring (bicyclic) bond motifs is 3. The maximum atomic E-state index is 12.9. The molecule has 2 aromatic rings. The number of alkyl carbamates (subject to hydrolysis) is 1. The Morgan fingerprint density at radius 1 is 1.12 bits per heavy atom. The number of hydrogen-bond acceptors (Lipinski definition) is 5. The lowest BCUT2D eigenvalue weighted by Crippen LogP contribution is -2.56. The van der Waals surface area contributed by atoms with Crippen molar-refractivity contribution in [2.75, 3.05) is 13.2 Å². The molecule has 2 aliphatic rings. The number of carbonyl (C=O) groups is 3. The van der Waals surface area contributed by atoms with Crippen molar-refractivity contribution in [2.45, 2.75) is 44.5 Å². The first-order valence-electron chi connectivity index (χ1n) is 10.5. The minimum absolute atomic E-state index is 0.0959. The highest BCUT2D eigenvalue weighted by molar-refractivity contribution is 5.90. The molecule has 8 nitrogen and oxygen atoms in total. The maximum absolute atomic E-state index is 12.9. The molecule has 0 radical (unpaired) electrons. The van der Waals surface area contributed by atoms with Crippen molar-refractivity contribution in [2.24, 2.45) is 0 Å². The second-order valence-electron chi connectivity index (χ2n) is 8.51. The summed E-state index contributed by atoms with van der Waals surface area (Å²) in [6.45, 7) is 4.75. The number of nitrogens with one attached hydrogen (secondary N) is 1. The average Bonchev–Trinajstić information content (AvgIpc) is 3.25. The highest BCUT2D eigenvalue weighted by Gasteiger charge is 2.48. The van der Waals surface area contributed by atoms with Crippen LogP contribution in [0.5, 0.6) is 0 Å². The van der Waals surface area contributed by atoms with E-state index in [4.69, 9.17) is 9.47 Å². The fourth-order valence-corrected chi connectivity index (χ4v) is 4.49. The van der Waals surface area contributed by atoms with Gasteiger partial charge < -0.3 is 19.9 Å². The molecule has 2 N–H and O–H groups in total. The number of ether oxygens (including phenoxy) is 2. The van der Waals surface area contributed by atoms with Gasteiger partial charge in [-0.1, -0.05) is 48.5 Å². The van der Waals surface area contributed by atoms with Crippen LogP contribution in [0.4, 0.5) is 4.79 Å². The zero-order chi connectivity index (χ0) is 23.0. The van der Waals surface area contributed by atoms with Crippen LogP contribution in [-0.4, -0.2) is 59.0 Å². The van der Waals surface area contributed by atoms with Gasteiger partial charge in [-0.05, 0) is 43.0 Å². The quantitative estimate of drug-likeness (QED) is 0.744. The molecule has 2 amide bonds. The van der Waals surface area contributed by atoms with Crippen molar-refractivity contribution in [1.29, 1.82) is 0 Å². The Labute approximate surface area is 186 Å². The minimum atomic E-state index is -1.16. The largest absolute Gasteiger partial charge is 0.480 e. The molecular formula is C24H26N2O6. The van der Waals surface area contributed by atoms with E-state index in [0.29, 0.717) is 0 Å². The number of carboxylic acid groups (broad SMARTS) is 1. The second kappa shape index (κ2) is 8.27. The Balaban J connectivity index is 1.41. The van der Waals surface area contributed by atoms with E-state index in [1.807, 2.05) is 48.5 Å². The van der Waals surface area contributed by atoms with Gasteiger partial charge in [-0.3, -0.25) is 9.69 Å². The topological polar surface area (TPSA) is 105 Å². The lowest BCUT2D eigenvalue weighted by atomic mass is 9.98. The van der Waals surface area contributed by atoms with Crippen molar-refractivity contribution in [1.82, 2.24) is 10.2 Å². The van der Waals surface area contributed by atoms with E-state index in [9.17, 15) is 19.5 Å². The molecule has 0 aromatic heterocycles. The highest BCUT2D eigenvalue weighted by atomic mass is 16.6. The third kappa shape index (κ3) is 3.82. The van der Waals surface area contributed by atoms with Gasteiger partial charge in [-0.15, -0.1) is 0 Å². The average molecular weight is 438 g/mol. The van der Waals surface area contributed by atoms with E-state index in [1.165, 1.54) is 6.92 Å². The minimum Gasteiger partial charge on any atom is -0.480 e. The lowest BCUT2D eigenvalue weighted by molar-refractivity contribution is -0.156. The summed E-state index contributed by atoms with van der Waals surface area (Å²) in [6.07, 6.45) is -0.738. The second-order valence-corrected chi connectivity index (χ2v) is 8.51. The molecule has 1 fully saturated rings. The molecule has 1 aliphatic heterocycles. The Morgan fingerprint density at radius 2 is 1.69 bits per heavy atom. The number of hydrogen-bond donors (Lipinski definition) is 2. The summed E-state index contributed by atoms with van der Waals surface area (Å²) in [6, 6.07) is 13.9. The number of nitrogens with zero attached hydrogens (tertiary/aromatic N) is 1. The first-order chi connectivity index (χ1) is 15.2. The van der Waals surface area contributed by atoms with Crippen molar-refractivity contribution >= 4 is 18.0 Å². The Hall–Kier alpha value is -3.39. The monoisotopic (exact) mass is 438 g/mol. The Morgan fingerprint density at radius 3 is 2.25 bits per heavy atom. The van der Waals surface area contributed by atoms with Crippen LogP contribution in [0.2, 0.25) is 0 Å². The summed E-state index contributed by atoms with van der Waals surface area (Å²) in [7, 11) is 0. The fourth-order valence-electron chi connectivity index (χ4n) is 4.49. The molecule has 0 spiro atoms. The zero-order valence-electron chi connectivity index (χ0n) is 18.2. The van der Waals surface area contributed by atoms with E-state index in [-0.39, 0.29) is 19.1 Å². The molecule has 168 valence electrons. The van der Waals surface area contributed by atoms with Gasteiger partial charge in [0.1, 0.15) is 18.4 Å². The Kier molecular flexibility index (Phi) is 5.64. The zero-order valence-corrected chi connectivity index (χ0v) is 18.2. The van der Waals surface area contributed by atoms with E-state index in [1.54, 1.807) is 13.8 Å². The van der Waals surface area contributed by atoms with Gasteiger partial charge in [0, 0.05) is 5.92 Å². The van der Waals surface area contributed by atoms with Gasteiger partial charge in [-0.25, -0.2) is 9.59 Å². The molecule has 8 heteroatoms. The Bertz CT molecular complexity index is 1020. The molecule has 2 aromatic carbocycles. The lowest BCUT2D eigenvalue weighted by Gasteiger charge is -2.34. The molecule has 1 saturated heterocycles. The number of amides is 2. The SMILES string of the molecule is CC(NC(=O)OCC1c2ccccc2-c2ccccc21)C(=O)N1[C@H](C(=O)O)COC1(C)C. The number of benzene rings is 2. The van der Waals surface area contributed by atoms with Crippen molar-refractivity contribution in [3.63, 3.8) is 0 Å².